The van der Waals surface area contributed by atoms with Crippen molar-refractivity contribution in [3.05, 3.63) is 53.4 Å². The highest BCUT2D eigenvalue weighted by atomic mass is 35.5. The lowest BCUT2D eigenvalue weighted by atomic mass is 10.2. The molecule has 0 bridgehead atoms. The van der Waals surface area contributed by atoms with Crippen LogP contribution in [0.1, 0.15) is 32.4 Å². The third-order valence-corrected chi connectivity index (χ3v) is 6.10. The van der Waals surface area contributed by atoms with Crippen molar-refractivity contribution in [1.82, 2.24) is 4.98 Å². The molecule has 0 saturated heterocycles. The highest BCUT2D eigenvalue weighted by molar-refractivity contribution is 7.62. The number of halogens is 1. The molecule has 2 aromatic heterocycles. The molecule has 3 aromatic rings. The van der Waals surface area contributed by atoms with E-state index in [0.29, 0.717) is 35.7 Å². The Morgan fingerprint density at radius 1 is 1.10 bits per heavy atom. The lowest BCUT2D eigenvalue weighted by molar-refractivity contribution is 0.213. The number of rotatable bonds is 11. The summed E-state index contributed by atoms with van der Waals surface area (Å²) in [7, 11) is -3.70. The van der Waals surface area contributed by atoms with Crippen LogP contribution in [0.15, 0.2) is 51.5 Å². The largest absolute Gasteiger partial charge is 0.467 e. The van der Waals surface area contributed by atoms with Crippen molar-refractivity contribution in [2.45, 2.75) is 33.2 Å². The Labute approximate surface area is 174 Å². The monoisotopic (exact) mass is 438 g/mol. The van der Waals surface area contributed by atoms with Crippen molar-refractivity contribution in [2.75, 3.05) is 18.5 Å². The van der Waals surface area contributed by atoms with E-state index in [1.807, 2.05) is 32.0 Å². The van der Waals surface area contributed by atoms with Crippen LogP contribution >= 0.6 is 19.2 Å². The molecule has 0 amide bonds. The summed E-state index contributed by atoms with van der Waals surface area (Å²) in [6.45, 7) is 4.72. The second-order valence-electron chi connectivity index (χ2n) is 6.25. The zero-order chi connectivity index (χ0) is 20.7. The summed E-state index contributed by atoms with van der Waals surface area (Å²) in [5, 5.41) is 3.55. The maximum absolute atomic E-state index is 13.6. The Morgan fingerprint density at radius 2 is 1.83 bits per heavy atom. The number of hydrogen-bond acceptors (Lipinski definition) is 7. The minimum Gasteiger partial charge on any atom is -0.467 e. The first-order valence-corrected chi connectivity index (χ1v) is 11.4. The summed E-state index contributed by atoms with van der Waals surface area (Å²) in [4.78, 5) is 4.46. The number of hydrogen-bond donors (Lipinski definition) is 1. The van der Waals surface area contributed by atoms with Crippen LogP contribution in [0, 0.1) is 0 Å². The Bertz CT molecular complexity index is 946. The maximum Gasteiger partial charge on any atom is 0.385 e. The van der Waals surface area contributed by atoms with Gasteiger partial charge in [0, 0.05) is 0 Å². The van der Waals surface area contributed by atoms with Gasteiger partial charge in [0.05, 0.1) is 36.6 Å². The average molecular weight is 439 g/mol. The van der Waals surface area contributed by atoms with Gasteiger partial charge in [-0.05, 0) is 37.1 Å². The number of aromatic nitrogens is 1. The molecule has 0 unspecified atom stereocenters. The van der Waals surface area contributed by atoms with Crippen LogP contribution in [0.25, 0.3) is 11.5 Å². The number of oxazole rings is 1. The quantitative estimate of drug-likeness (QED) is 0.374. The first-order valence-electron chi connectivity index (χ1n) is 9.49. The van der Waals surface area contributed by atoms with Gasteiger partial charge in [-0.2, -0.15) is 4.98 Å². The molecule has 0 aliphatic rings. The van der Waals surface area contributed by atoms with Gasteiger partial charge in [0.2, 0.25) is 17.2 Å². The van der Waals surface area contributed by atoms with Crippen LogP contribution in [0.3, 0.4) is 0 Å². The zero-order valence-corrected chi connectivity index (χ0v) is 18.0. The molecule has 7 nitrogen and oxygen atoms in total. The predicted octanol–water partition coefficient (Wildman–Crippen LogP) is 5.87. The van der Waals surface area contributed by atoms with E-state index in [2.05, 4.69) is 10.3 Å². The van der Waals surface area contributed by atoms with Gasteiger partial charge in [0.15, 0.2) is 0 Å². The summed E-state index contributed by atoms with van der Waals surface area (Å²) in [6.07, 6.45) is 2.95. The Balaban J connectivity index is 2.01. The third kappa shape index (κ3) is 5.31. The van der Waals surface area contributed by atoms with Crippen molar-refractivity contribution in [3.8, 4) is 11.5 Å². The molecule has 0 radical (unpaired) electrons. The van der Waals surface area contributed by atoms with Gasteiger partial charge in [-0.25, -0.2) is 0 Å². The van der Waals surface area contributed by atoms with Gasteiger partial charge in [-0.1, -0.05) is 37.6 Å². The zero-order valence-electron chi connectivity index (χ0n) is 16.4. The minimum absolute atomic E-state index is 0.0980. The van der Waals surface area contributed by atoms with Crippen molar-refractivity contribution < 1.29 is 22.4 Å². The van der Waals surface area contributed by atoms with E-state index in [-0.39, 0.29) is 30.4 Å². The van der Waals surface area contributed by atoms with Crippen LogP contribution in [-0.2, 0) is 20.2 Å². The highest BCUT2D eigenvalue weighted by Crippen LogP contribution is 2.49. The van der Waals surface area contributed by atoms with Gasteiger partial charge in [-0.3, -0.25) is 4.57 Å². The third-order valence-electron chi connectivity index (χ3n) is 3.91. The fourth-order valence-electron chi connectivity index (χ4n) is 2.53. The molecule has 0 aliphatic heterocycles. The number of nitrogens with one attached hydrogen (secondary N) is 1. The fourth-order valence-corrected chi connectivity index (χ4v) is 4.49. The summed E-state index contributed by atoms with van der Waals surface area (Å²) in [5.74, 6) is 1.12. The van der Waals surface area contributed by atoms with Crippen molar-refractivity contribution in [1.29, 1.82) is 0 Å². The second-order valence-corrected chi connectivity index (χ2v) is 8.59. The van der Waals surface area contributed by atoms with Crippen molar-refractivity contribution in [3.63, 3.8) is 0 Å². The summed E-state index contributed by atoms with van der Waals surface area (Å²) < 4.78 is 36.1. The topological polar surface area (TPSA) is 86.7 Å². The fraction of sp³-hybridized carbons (Fsp3) is 0.350. The molecule has 9 heteroatoms. The number of anilines is 1. The van der Waals surface area contributed by atoms with Crippen molar-refractivity contribution in [2.24, 2.45) is 0 Å². The van der Waals surface area contributed by atoms with Crippen LogP contribution in [0.4, 0.5) is 5.88 Å². The Morgan fingerprint density at radius 3 is 2.45 bits per heavy atom. The molecule has 2 heterocycles. The normalized spacial score (nSPS) is 11.7. The predicted molar refractivity (Wildman–Crippen MR) is 113 cm³/mol. The molecule has 0 saturated carbocycles. The number of furan rings is 1. The molecule has 0 atom stereocenters. The number of benzene rings is 1. The minimum atomic E-state index is -3.70. The molecule has 0 fully saturated rings. The van der Waals surface area contributed by atoms with Crippen LogP contribution in [-0.4, -0.2) is 18.2 Å². The molecular formula is C20H24ClN2O5P. The molecule has 0 spiro atoms. The molecular weight excluding hydrogens is 415 g/mol. The van der Waals surface area contributed by atoms with E-state index < -0.39 is 7.60 Å². The molecule has 156 valence electrons. The second kappa shape index (κ2) is 10.1. The Hall–Kier alpha value is -2.05. The average Bonchev–Trinajstić information content (AvgIpc) is 3.39. The van der Waals surface area contributed by atoms with E-state index in [4.69, 9.17) is 29.5 Å². The molecule has 1 N–H and O–H groups in total. The molecule has 29 heavy (non-hydrogen) atoms. The first kappa shape index (κ1) is 21.7. The van der Waals surface area contributed by atoms with Crippen LogP contribution in [0.2, 0.25) is 5.02 Å². The highest BCUT2D eigenvalue weighted by Gasteiger charge is 2.36. The van der Waals surface area contributed by atoms with E-state index in [1.54, 1.807) is 24.5 Å². The van der Waals surface area contributed by atoms with E-state index in [9.17, 15) is 4.57 Å². The summed E-state index contributed by atoms with van der Waals surface area (Å²) in [5.41, 5.74) is 0.680. The lowest BCUT2D eigenvalue weighted by Crippen LogP contribution is -2.17. The Kier molecular flexibility index (Phi) is 7.56. The van der Waals surface area contributed by atoms with E-state index >= 15 is 0 Å². The SMILES string of the molecule is CCCOP(=O)(OCCC)c1nc(-c2ccccc2Cl)oc1NCc1ccco1. The molecule has 0 aliphatic carbocycles. The molecule has 3 rings (SSSR count). The van der Waals surface area contributed by atoms with E-state index in [0.717, 1.165) is 0 Å². The summed E-state index contributed by atoms with van der Waals surface area (Å²) >= 11 is 6.29. The summed E-state index contributed by atoms with van der Waals surface area (Å²) in [6, 6.07) is 10.7. The lowest BCUT2D eigenvalue weighted by Gasteiger charge is -2.16. The van der Waals surface area contributed by atoms with Crippen LogP contribution in [0.5, 0.6) is 0 Å². The van der Waals surface area contributed by atoms with Crippen molar-refractivity contribution >= 4 is 30.5 Å². The van der Waals surface area contributed by atoms with Gasteiger partial charge in [0.25, 0.3) is 0 Å². The van der Waals surface area contributed by atoms with E-state index in [1.165, 1.54) is 0 Å². The maximum atomic E-state index is 13.6. The first-order chi connectivity index (χ1) is 14.1. The van der Waals surface area contributed by atoms with Gasteiger partial charge in [0.1, 0.15) is 5.76 Å². The van der Waals surface area contributed by atoms with Gasteiger partial charge < -0.3 is 23.2 Å². The smallest absolute Gasteiger partial charge is 0.385 e. The standard InChI is InChI=1S/C20H24ClN2O5P/c1-3-11-26-29(24,27-12-4-2)20-19(22-14-15-8-7-13-25-15)28-18(23-20)16-9-5-6-10-17(16)21/h5-10,13,22H,3-4,11-12,14H2,1-2H3. The van der Waals surface area contributed by atoms with Gasteiger partial charge >= 0.3 is 7.60 Å². The van der Waals surface area contributed by atoms with Gasteiger partial charge in [-0.15, -0.1) is 0 Å². The molecule has 1 aromatic carbocycles. The van der Waals surface area contributed by atoms with Crippen LogP contribution < -0.4 is 10.8 Å². The number of nitrogens with zero attached hydrogens (tertiary/aromatic N) is 1.